The summed E-state index contributed by atoms with van der Waals surface area (Å²) in [5, 5.41) is 0. The summed E-state index contributed by atoms with van der Waals surface area (Å²) in [5.41, 5.74) is 0.642. The van der Waals surface area contributed by atoms with Crippen LogP contribution in [0.15, 0.2) is 47.4 Å². The SMILES string of the molecule is COCCNS(=O)(=O)c1ccc(C(=O)OCc2ccc(OC)c(F)c2)cc1. The topological polar surface area (TPSA) is 90.9 Å². The molecule has 2 aromatic carbocycles. The zero-order chi connectivity index (χ0) is 19.9. The molecule has 0 radical (unpaired) electrons. The molecule has 146 valence electrons. The molecule has 9 heteroatoms. The van der Waals surface area contributed by atoms with Crippen LogP contribution in [0.25, 0.3) is 0 Å². The molecule has 0 fully saturated rings. The van der Waals surface area contributed by atoms with Crippen LogP contribution in [0.2, 0.25) is 0 Å². The molecule has 0 spiro atoms. The summed E-state index contributed by atoms with van der Waals surface area (Å²) in [6.45, 7) is 0.259. The van der Waals surface area contributed by atoms with Gasteiger partial charge in [0.2, 0.25) is 10.0 Å². The van der Waals surface area contributed by atoms with Gasteiger partial charge in [0.1, 0.15) is 6.61 Å². The summed E-state index contributed by atoms with van der Waals surface area (Å²) in [5.74, 6) is -1.11. The minimum atomic E-state index is -3.68. The molecule has 0 amide bonds. The Balaban J connectivity index is 1.98. The van der Waals surface area contributed by atoms with Crippen LogP contribution in [0.5, 0.6) is 5.75 Å². The Kier molecular flexibility index (Phi) is 7.28. The molecule has 0 aromatic heterocycles. The van der Waals surface area contributed by atoms with Gasteiger partial charge < -0.3 is 14.2 Å². The highest BCUT2D eigenvalue weighted by Gasteiger charge is 2.15. The Morgan fingerprint density at radius 2 is 1.81 bits per heavy atom. The van der Waals surface area contributed by atoms with E-state index >= 15 is 0 Å². The first-order chi connectivity index (χ1) is 12.9. The lowest BCUT2D eigenvalue weighted by atomic mass is 10.2. The van der Waals surface area contributed by atoms with E-state index in [1.165, 1.54) is 50.6 Å². The average molecular weight is 397 g/mol. The second-order valence-electron chi connectivity index (χ2n) is 5.46. The van der Waals surface area contributed by atoms with Crippen molar-refractivity contribution in [2.45, 2.75) is 11.5 Å². The van der Waals surface area contributed by atoms with Gasteiger partial charge in [-0.25, -0.2) is 22.3 Å². The summed E-state index contributed by atoms with van der Waals surface area (Å²) in [6.07, 6.45) is 0. The second kappa shape index (κ2) is 9.45. The first-order valence-corrected chi connectivity index (χ1v) is 9.44. The zero-order valence-electron chi connectivity index (χ0n) is 14.9. The third kappa shape index (κ3) is 5.75. The molecule has 0 bridgehead atoms. The van der Waals surface area contributed by atoms with E-state index in [1.54, 1.807) is 6.07 Å². The number of carbonyl (C=O) groups is 1. The number of sulfonamides is 1. The summed E-state index contributed by atoms with van der Waals surface area (Å²) in [4.78, 5) is 12.1. The summed E-state index contributed by atoms with van der Waals surface area (Å²) in [6, 6.07) is 9.54. The number of rotatable bonds is 9. The number of hydrogen-bond acceptors (Lipinski definition) is 6. The molecular formula is C18H20FNO6S. The third-order valence-electron chi connectivity index (χ3n) is 3.58. The van der Waals surface area contributed by atoms with Crippen molar-refractivity contribution in [3.63, 3.8) is 0 Å². The molecule has 0 aliphatic heterocycles. The number of nitrogens with one attached hydrogen (secondary N) is 1. The molecule has 0 saturated carbocycles. The fourth-order valence-electron chi connectivity index (χ4n) is 2.16. The maximum Gasteiger partial charge on any atom is 0.338 e. The Morgan fingerprint density at radius 1 is 1.11 bits per heavy atom. The van der Waals surface area contributed by atoms with Crippen molar-refractivity contribution in [2.75, 3.05) is 27.4 Å². The quantitative estimate of drug-likeness (QED) is 0.515. The molecule has 27 heavy (non-hydrogen) atoms. The average Bonchev–Trinajstić information content (AvgIpc) is 2.66. The van der Waals surface area contributed by atoms with Crippen molar-refractivity contribution in [1.82, 2.24) is 4.72 Å². The van der Waals surface area contributed by atoms with Crippen molar-refractivity contribution >= 4 is 16.0 Å². The summed E-state index contributed by atoms with van der Waals surface area (Å²) in [7, 11) is -0.854. The number of halogens is 1. The van der Waals surface area contributed by atoms with Crippen molar-refractivity contribution in [2.24, 2.45) is 0 Å². The van der Waals surface area contributed by atoms with Gasteiger partial charge in [-0.05, 0) is 42.0 Å². The number of hydrogen-bond donors (Lipinski definition) is 1. The maximum absolute atomic E-state index is 13.6. The smallest absolute Gasteiger partial charge is 0.338 e. The number of benzene rings is 2. The highest BCUT2D eigenvalue weighted by molar-refractivity contribution is 7.89. The standard InChI is InChI=1S/C18H20FNO6S/c1-24-10-9-20-27(22,23)15-6-4-14(5-7-15)18(21)26-12-13-3-8-17(25-2)16(19)11-13/h3-8,11,20H,9-10,12H2,1-2H3. The normalized spacial score (nSPS) is 11.2. The maximum atomic E-state index is 13.6. The predicted molar refractivity (Wildman–Crippen MR) is 95.6 cm³/mol. The molecule has 0 aliphatic carbocycles. The fraction of sp³-hybridized carbons (Fsp3) is 0.278. The van der Waals surface area contributed by atoms with E-state index in [0.29, 0.717) is 5.56 Å². The molecule has 0 atom stereocenters. The van der Waals surface area contributed by atoms with Crippen molar-refractivity contribution in [3.05, 3.63) is 59.4 Å². The molecular weight excluding hydrogens is 377 g/mol. The Bertz CT molecular complexity index is 883. The lowest BCUT2D eigenvalue weighted by Gasteiger charge is -2.08. The molecule has 1 N–H and O–H groups in total. The highest BCUT2D eigenvalue weighted by Crippen LogP contribution is 2.18. The Labute approximate surface area is 157 Å². The van der Waals surface area contributed by atoms with Crippen LogP contribution >= 0.6 is 0 Å². The van der Waals surface area contributed by atoms with Gasteiger partial charge in [-0.2, -0.15) is 0 Å². The Hall–Kier alpha value is -2.49. The van der Waals surface area contributed by atoms with Crippen LogP contribution in [-0.4, -0.2) is 41.8 Å². The van der Waals surface area contributed by atoms with E-state index in [-0.39, 0.29) is 36.0 Å². The van der Waals surface area contributed by atoms with E-state index in [2.05, 4.69) is 4.72 Å². The van der Waals surface area contributed by atoms with Gasteiger partial charge in [-0.1, -0.05) is 6.07 Å². The minimum absolute atomic E-state index is 0.0207. The van der Waals surface area contributed by atoms with E-state index in [9.17, 15) is 17.6 Å². The van der Waals surface area contributed by atoms with Gasteiger partial charge in [0.15, 0.2) is 11.6 Å². The number of carbonyl (C=O) groups excluding carboxylic acids is 1. The van der Waals surface area contributed by atoms with Crippen LogP contribution in [0.4, 0.5) is 4.39 Å². The van der Waals surface area contributed by atoms with Gasteiger partial charge >= 0.3 is 5.97 Å². The van der Waals surface area contributed by atoms with E-state index in [0.717, 1.165) is 0 Å². The fourth-order valence-corrected chi connectivity index (χ4v) is 3.18. The minimum Gasteiger partial charge on any atom is -0.494 e. The number of methoxy groups -OCH3 is 2. The number of ether oxygens (including phenoxy) is 3. The van der Waals surface area contributed by atoms with Crippen LogP contribution in [0.3, 0.4) is 0 Å². The molecule has 2 aromatic rings. The van der Waals surface area contributed by atoms with Gasteiger partial charge in [-0.3, -0.25) is 0 Å². The highest BCUT2D eigenvalue weighted by atomic mass is 32.2. The lowest BCUT2D eigenvalue weighted by Crippen LogP contribution is -2.27. The largest absolute Gasteiger partial charge is 0.494 e. The first-order valence-electron chi connectivity index (χ1n) is 7.95. The molecule has 7 nitrogen and oxygen atoms in total. The van der Waals surface area contributed by atoms with Gasteiger partial charge in [-0.15, -0.1) is 0 Å². The molecule has 0 unspecified atom stereocenters. The van der Waals surface area contributed by atoms with Gasteiger partial charge in [0.05, 0.1) is 24.2 Å². The molecule has 2 rings (SSSR count). The first kappa shape index (κ1) is 20.8. The predicted octanol–water partition coefficient (Wildman–Crippen LogP) is 2.12. The van der Waals surface area contributed by atoms with Crippen LogP contribution in [0.1, 0.15) is 15.9 Å². The second-order valence-corrected chi connectivity index (χ2v) is 7.23. The summed E-state index contributed by atoms with van der Waals surface area (Å²) < 4.78 is 54.8. The van der Waals surface area contributed by atoms with E-state index in [4.69, 9.17) is 14.2 Å². The van der Waals surface area contributed by atoms with Crippen molar-refractivity contribution in [3.8, 4) is 5.75 Å². The lowest BCUT2D eigenvalue weighted by molar-refractivity contribution is 0.0472. The molecule has 0 saturated heterocycles. The van der Waals surface area contributed by atoms with Gasteiger partial charge in [0, 0.05) is 13.7 Å². The van der Waals surface area contributed by atoms with E-state index in [1.807, 2.05) is 0 Å². The third-order valence-corrected chi connectivity index (χ3v) is 5.06. The molecule has 0 heterocycles. The van der Waals surface area contributed by atoms with Crippen LogP contribution < -0.4 is 9.46 Å². The van der Waals surface area contributed by atoms with E-state index < -0.39 is 21.8 Å². The Morgan fingerprint density at radius 3 is 2.41 bits per heavy atom. The van der Waals surface area contributed by atoms with Gasteiger partial charge in [0.25, 0.3) is 0 Å². The van der Waals surface area contributed by atoms with Crippen molar-refractivity contribution in [1.29, 1.82) is 0 Å². The molecule has 0 aliphatic rings. The summed E-state index contributed by atoms with van der Waals surface area (Å²) >= 11 is 0. The monoisotopic (exact) mass is 397 g/mol. The number of esters is 1. The van der Waals surface area contributed by atoms with Crippen LogP contribution in [-0.2, 0) is 26.1 Å². The zero-order valence-corrected chi connectivity index (χ0v) is 15.7. The van der Waals surface area contributed by atoms with Crippen molar-refractivity contribution < 1.29 is 31.8 Å². The van der Waals surface area contributed by atoms with Crippen LogP contribution in [0, 0.1) is 5.82 Å².